The Hall–Kier alpha value is -0.0800. The van der Waals surface area contributed by atoms with Gasteiger partial charge in [0.2, 0.25) is 0 Å². The fraction of sp³-hybridized carbons (Fsp3) is 1.00. The van der Waals surface area contributed by atoms with E-state index in [9.17, 15) is 0 Å². The van der Waals surface area contributed by atoms with Crippen molar-refractivity contribution in [3.63, 3.8) is 0 Å². The lowest BCUT2D eigenvalue weighted by Crippen LogP contribution is -2.47. The van der Waals surface area contributed by atoms with Crippen molar-refractivity contribution in [3.05, 3.63) is 0 Å². The minimum absolute atomic E-state index is 0.322. The zero-order valence-electron chi connectivity index (χ0n) is 8.84. The Bertz CT molecular complexity index is 121. The van der Waals surface area contributed by atoms with Crippen LogP contribution in [0.2, 0.25) is 0 Å². The Morgan fingerprint density at radius 2 is 2.00 bits per heavy atom. The van der Waals surface area contributed by atoms with Gasteiger partial charge in [-0.25, -0.2) is 0 Å². The van der Waals surface area contributed by atoms with Crippen molar-refractivity contribution in [2.45, 2.75) is 39.0 Å². The van der Waals surface area contributed by atoms with Crippen LogP contribution >= 0.6 is 0 Å². The maximum Gasteiger partial charge on any atom is 0.0558 e. The van der Waals surface area contributed by atoms with Crippen LogP contribution in [-0.4, -0.2) is 36.2 Å². The van der Waals surface area contributed by atoms with Gasteiger partial charge in [0.1, 0.15) is 0 Å². The van der Waals surface area contributed by atoms with E-state index in [2.05, 4.69) is 11.8 Å². The smallest absolute Gasteiger partial charge is 0.0558 e. The number of likely N-dealkylation sites (tertiary alicyclic amines) is 1. The standard InChI is InChI=1S/C11H23NO/c1-2-3-4-5-6-11-9-12(10-11)7-8-13/h11,13H,2-10H2,1H3. The number of aliphatic hydroxyl groups excluding tert-OH is 1. The molecule has 1 fully saturated rings. The molecule has 0 aromatic heterocycles. The zero-order chi connectivity index (χ0) is 9.52. The second-order valence-electron chi connectivity index (χ2n) is 4.20. The van der Waals surface area contributed by atoms with Crippen molar-refractivity contribution >= 4 is 0 Å². The van der Waals surface area contributed by atoms with Gasteiger partial charge in [0.05, 0.1) is 6.61 Å². The van der Waals surface area contributed by atoms with E-state index in [1.807, 2.05) is 0 Å². The lowest BCUT2D eigenvalue weighted by Gasteiger charge is -2.39. The van der Waals surface area contributed by atoms with Gasteiger partial charge in [-0.2, -0.15) is 0 Å². The van der Waals surface area contributed by atoms with Crippen molar-refractivity contribution in [1.82, 2.24) is 4.90 Å². The average Bonchev–Trinajstić information content (AvgIpc) is 2.07. The van der Waals surface area contributed by atoms with Gasteiger partial charge in [-0.05, 0) is 12.3 Å². The number of rotatable bonds is 7. The minimum atomic E-state index is 0.322. The third kappa shape index (κ3) is 4.10. The largest absolute Gasteiger partial charge is 0.395 e. The van der Waals surface area contributed by atoms with Gasteiger partial charge < -0.3 is 10.0 Å². The Labute approximate surface area is 81.9 Å². The first-order chi connectivity index (χ1) is 6.36. The summed E-state index contributed by atoms with van der Waals surface area (Å²) in [5.41, 5.74) is 0. The number of hydrogen-bond acceptors (Lipinski definition) is 2. The van der Waals surface area contributed by atoms with Gasteiger partial charge in [-0.15, -0.1) is 0 Å². The molecule has 0 aromatic carbocycles. The summed E-state index contributed by atoms with van der Waals surface area (Å²) in [6.07, 6.45) is 6.95. The molecule has 1 rings (SSSR count). The van der Waals surface area contributed by atoms with E-state index in [0.717, 1.165) is 12.5 Å². The van der Waals surface area contributed by atoms with Gasteiger partial charge in [-0.1, -0.05) is 32.6 Å². The van der Waals surface area contributed by atoms with Crippen molar-refractivity contribution < 1.29 is 5.11 Å². The van der Waals surface area contributed by atoms with Crippen LogP contribution in [0.4, 0.5) is 0 Å². The number of hydrogen-bond donors (Lipinski definition) is 1. The summed E-state index contributed by atoms with van der Waals surface area (Å²) in [4.78, 5) is 2.34. The van der Waals surface area contributed by atoms with E-state index in [4.69, 9.17) is 5.11 Å². The molecule has 13 heavy (non-hydrogen) atoms. The number of aliphatic hydroxyl groups is 1. The fourth-order valence-corrected chi connectivity index (χ4v) is 2.04. The highest BCUT2D eigenvalue weighted by atomic mass is 16.3. The fourth-order valence-electron chi connectivity index (χ4n) is 2.04. The molecule has 1 N–H and O–H groups in total. The minimum Gasteiger partial charge on any atom is -0.395 e. The average molecular weight is 185 g/mol. The first-order valence-corrected chi connectivity index (χ1v) is 5.70. The van der Waals surface area contributed by atoms with Crippen LogP contribution in [0, 0.1) is 5.92 Å². The summed E-state index contributed by atoms with van der Waals surface area (Å²) < 4.78 is 0. The molecule has 2 heteroatoms. The Morgan fingerprint density at radius 1 is 1.23 bits per heavy atom. The monoisotopic (exact) mass is 185 g/mol. The Balaban J connectivity index is 1.84. The molecular formula is C11H23NO. The normalized spacial score (nSPS) is 18.9. The molecule has 0 aromatic rings. The summed E-state index contributed by atoms with van der Waals surface area (Å²) in [7, 11) is 0. The van der Waals surface area contributed by atoms with Crippen LogP contribution in [0.5, 0.6) is 0 Å². The van der Waals surface area contributed by atoms with Gasteiger partial charge in [0.15, 0.2) is 0 Å². The maximum absolute atomic E-state index is 8.69. The highest BCUT2D eigenvalue weighted by Gasteiger charge is 2.24. The summed E-state index contributed by atoms with van der Waals surface area (Å²) in [5, 5.41) is 8.69. The van der Waals surface area contributed by atoms with Gasteiger partial charge in [-0.3, -0.25) is 0 Å². The first-order valence-electron chi connectivity index (χ1n) is 5.70. The molecule has 0 radical (unpaired) electrons. The summed E-state index contributed by atoms with van der Waals surface area (Å²) in [6, 6.07) is 0. The van der Waals surface area contributed by atoms with Gasteiger partial charge >= 0.3 is 0 Å². The summed E-state index contributed by atoms with van der Waals surface area (Å²) >= 11 is 0. The van der Waals surface area contributed by atoms with Crippen LogP contribution in [0.25, 0.3) is 0 Å². The summed E-state index contributed by atoms with van der Waals surface area (Å²) in [5.74, 6) is 0.934. The highest BCUT2D eigenvalue weighted by Crippen LogP contribution is 2.21. The van der Waals surface area contributed by atoms with Gasteiger partial charge in [0, 0.05) is 19.6 Å². The van der Waals surface area contributed by atoms with Crippen molar-refractivity contribution in [3.8, 4) is 0 Å². The lowest BCUT2D eigenvalue weighted by molar-refractivity contribution is 0.0718. The molecule has 0 amide bonds. The van der Waals surface area contributed by atoms with E-state index in [-0.39, 0.29) is 0 Å². The second kappa shape index (κ2) is 6.39. The van der Waals surface area contributed by atoms with E-state index in [0.29, 0.717) is 6.61 Å². The van der Waals surface area contributed by atoms with Crippen LogP contribution < -0.4 is 0 Å². The maximum atomic E-state index is 8.69. The molecule has 1 heterocycles. The van der Waals surface area contributed by atoms with E-state index >= 15 is 0 Å². The number of β-amino-alcohol motifs (C(OH)–C–C–N with tert-alkyl or cyclic N) is 1. The third-order valence-corrected chi connectivity index (χ3v) is 2.91. The first kappa shape index (κ1) is 11.0. The van der Waals surface area contributed by atoms with Crippen molar-refractivity contribution in [1.29, 1.82) is 0 Å². The van der Waals surface area contributed by atoms with Crippen molar-refractivity contribution in [2.75, 3.05) is 26.2 Å². The predicted octanol–water partition coefficient (Wildman–Crippen LogP) is 1.88. The Kier molecular flexibility index (Phi) is 5.40. The molecule has 0 bridgehead atoms. The van der Waals surface area contributed by atoms with Gasteiger partial charge in [0.25, 0.3) is 0 Å². The number of unbranched alkanes of at least 4 members (excludes halogenated alkanes) is 3. The molecule has 0 saturated carbocycles. The molecule has 0 unspecified atom stereocenters. The lowest BCUT2D eigenvalue weighted by atomic mass is 9.93. The number of nitrogens with zero attached hydrogens (tertiary/aromatic N) is 1. The SMILES string of the molecule is CCCCCCC1CN(CCO)C1. The zero-order valence-corrected chi connectivity index (χ0v) is 8.84. The quantitative estimate of drug-likeness (QED) is 0.612. The predicted molar refractivity (Wildman–Crippen MR) is 55.8 cm³/mol. The molecule has 2 nitrogen and oxygen atoms in total. The molecule has 78 valence electrons. The van der Waals surface area contributed by atoms with Crippen molar-refractivity contribution in [2.24, 2.45) is 5.92 Å². The molecule has 0 spiro atoms. The van der Waals surface area contributed by atoms with Crippen LogP contribution in [0.1, 0.15) is 39.0 Å². The van der Waals surface area contributed by atoms with Crippen LogP contribution in [0.15, 0.2) is 0 Å². The van der Waals surface area contributed by atoms with E-state index < -0.39 is 0 Å². The molecule has 0 aliphatic carbocycles. The topological polar surface area (TPSA) is 23.5 Å². The summed E-state index contributed by atoms with van der Waals surface area (Å²) in [6.45, 7) is 5.92. The van der Waals surface area contributed by atoms with E-state index in [1.54, 1.807) is 0 Å². The molecular weight excluding hydrogens is 162 g/mol. The Morgan fingerprint density at radius 3 is 2.62 bits per heavy atom. The highest BCUT2D eigenvalue weighted by molar-refractivity contribution is 4.78. The molecule has 1 aliphatic heterocycles. The third-order valence-electron chi connectivity index (χ3n) is 2.91. The van der Waals surface area contributed by atoms with Crippen LogP contribution in [-0.2, 0) is 0 Å². The molecule has 1 saturated heterocycles. The molecule has 0 atom stereocenters. The molecule has 1 aliphatic rings. The van der Waals surface area contributed by atoms with Crippen LogP contribution in [0.3, 0.4) is 0 Å². The second-order valence-corrected chi connectivity index (χ2v) is 4.20. The van der Waals surface area contributed by atoms with E-state index in [1.165, 1.54) is 45.2 Å².